The minimum atomic E-state index is -0.541. The van der Waals surface area contributed by atoms with Crippen LogP contribution in [0.1, 0.15) is 23.2 Å². The van der Waals surface area contributed by atoms with Crippen LogP contribution in [0.2, 0.25) is 0 Å². The van der Waals surface area contributed by atoms with E-state index >= 15 is 0 Å². The number of nitrogens with zero attached hydrogens (tertiary/aromatic N) is 3. The minimum Gasteiger partial charge on any atom is -0.454 e. The van der Waals surface area contributed by atoms with Gasteiger partial charge in [-0.05, 0) is 30.5 Å². The largest absolute Gasteiger partial charge is 0.454 e. The summed E-state index contributed by atoms with van der Waals surface area (Å²) in [6, 6.07) is 5.44. The molecule has 1 aromatic heterocycles. The van der Waals surface area contributed by atoms with Gasteiger partial charge in [-0.1, -0.05) is 15.9 Å². The van der Waals surface area contributed by atoms with Crippen LogP contribution in [0.15, 0.2) is 26.2 Å². The maximum absolute atomic E-state index is 12.6. The predicted molar refractivity (Wildman–Crippen MR) is 87.4 cm³/mol. The first-order valence-electron chi connectivity index (χ1n) is 7.45. The van der Waals surface area contributed by atoms with E-state index in [4.69, 9.17) is 9.47 Å². The highest BCUT2D eigenvalue weighted by atomic mass is 79.9. The summed E-state index contributed by atoms with van der Waals surface area (Å²) in [4.78, 5) is 25.2. The quantitative estimate of drug-likeness (QED) is 0.773. The lowest BCUT2D eigenvalue weighted by molar-refractivity contribution is 0.174. The molecule has 0 amide bonds. The van der Waals surface area contributed by atoms with E-state index in [1.165, 1.54) is 4.57 Å². The fourth-order valence-electron chi connectivity index (χ4n) is 3.14. The Morgan fingerprint density at radius 3 is 2.75 bits per heavy atom. The van der Waals surface area contributed by atoms with E-state index in [9.17, 15) is 14.9 Å². The molecule has 2 aliphatic heterocycles. The Morgan fingerprint density at radius 2 is 2.00 bits per heavy atom. The van der Waals surface area contributed by atoms with Crippen molar-refractivity contribution in [2.75, 3.05) is 6.79 Å². The third-order valence-corrected chi connectivity index (χ3v) is 5.05. The molecule has 0 bridgehead atoms. The number of benzene rings is 1. The summed E-state index contributed by atoms with van der Waals surface area (Å²) in [5, 5.41) is 9.32. The Hall–Kier alpha value is -2.53. The zero-order valence-electron chi connectivity index (χ0n) is 12.5. The van der Waals surface area contributed by atoms with Crippen molar-refractivity contribution >= 4 is 15.9 Å². The molecule has 2 aliphatic rings. The van der Waals surface area contributed by atoms with Gasteiger partial charge in [0.25, 0.3) is 5.56 Å². The fourth-order valence-corrected chi connectivity index (χ4v) is 3.59. The molecule has 0 spiro atoms. The van der Waals surface area contributed by atoms with Gasteiger partial charge in [0.15, 0.2) is 11.5 Å². The highest BCUT2D eigenvalue weighted by molar-refractivity contribution is 9.10. The van der Waals surface area contributed by atoms with Crippen molar-refractivity contribution < 1.29 is 9.47 Å². The van der Waals surface area contributed by atoms with Crippen LogP contribution >= 0.6 is 15.9 Å². The Morgan fingerprint density at radius 1 is 1.25 bits per heavy atom. The van der Waals surface area contributed by atoms with E-state index < -0.39 is 5.56 Å². The van der Waals surface area contributed by atoms with Crippen LogP contribution in [0.3, 0.4) is 0 Å². The summed E-state index contributed by atoms with van der Waals surface area (Å²) in [6.45, 7) is 0.737. The van der Waals surface area contributed by atoms with E-state index in [2.05, 4.69) is 15.9 Å². The SMILES string of the molecule is N#Cc1c2n(c(=O)n(Cc3cc4c(cc3Br)OCO4)c1=O)CCC2. The van der Waals surface area contributed by atoms with E-state index in [1.54, 1.807) is 12.1 Å². The standard InChI is InChI=1S/C16H12BrN3O4/c17-11-5-14-13(23-8-24-14)4-9(11)7-20-15(21)10(6-18)12-2-1-3-19(12)16(20)22/h4-5H,1-3,7-8H2. The van der Waals surface area contributed by atoms with Crippen LogP contribution in [-0.4, -0.2) is 15.9 Å². The summed E-state index contributed by atoms with van der Waals surface area (Å²) in [7, 11) is 0. The zero-order valence-corrected chi connectivity index (χ0v) is 14.1. The highest BCUT2D eigenvalue weighted by Gasteiger charge is 2.24. The number of ether oxygens (including phenoxy) is 2. The number of hydrogen-bond acceptors (Lipinski definition) is 5. The molecule has 8 heteroatoms. The zero-order chi connectivity index (χ0) is 16.8. The molecule has 0 unspecified atom stereocenters. The molecule has 7 nitrogen and oxygen atoms in total. The average Bonchev–Trinajstić information content (AvgIpc) is 3.21. The second kappa shape index (κ2) is 5.53. The number of fused-ring (bicyclic) bond motifs is 2. The normalized spacial score (nSPS) is 14.5. The first-order chi connectivity index (χ1) is 11.6. The molecule has 0 saturated heterocycles. The molecular weight excluding hydrogens is 378 g/mol. The van der Waals surface area contributed by atoms with Crippen LogP contribution in [0.4, 0.5) is 0 Å². The van der Waals surface area contributed by atoms with Crippen molar-refractivity contribution in [3.63, 3.8) is 0 Å². The topological polar surface area (TPSA) is 86.2 Å². The van der Waals surface area contributed by atoms with Crippen LogP contribution in [0.5, 0.6) is 11.5 Å². The van der Waals surface area contributed by atoms with Crippen molar-refractivity contribution in [3.8, 4) is 17.6 Å². The monoisotopic (exact) mass is 389 g/mol. The molecule has 0 saturated carbocycles. The molecule has 0 aliphatic carbocycles. The minimum absolute atomic E-state index is 0.0592. The van der Waals surface area contributed by atoms with E-state index in [1.807, 2.05) is 6.07 Å². The first kappa shape index (κ1) is 15.0. The fraction of sp³-hybridized carbons (Fsp3) is 0.312. The second-order valence-electron chi connectivity index (χ2n) is 5.66. The molecule has 24 heavy (non-hydrogen) atoms. The number of aromatic nitrogens is 2. The summed E-state index contributed by atoms with van der Waals surface area (Å²) >= 11 is 3.43. The van der Waals surface area contributed by atoms with Gasteiger partial charge in [-0.3, -0.25) is 13.9 Å². The van der Waals surface area contributed by atoms with E-state index in [-0.39, 0.29) is 24.6 Å². The summed E-state index contributed by atoms with van der Waals surface area (Å²) < 4.78 is 14.0. The van der Waals surface area contributed by atoms with Gasteiger partial charge in [-0.15, -0.1) is 0 Å². The Balaban J connectivity index is 1.86. The van der Waals surface area contributed by atoms with Crippen molar-refractivity contribution in [2.24, 2.45) is 0 Å². The maximum Gasteiger partial charge on any atom is 0.331 e. The Kier molecular flexibility index (Phi) is 3.46. The molecule has 2 aromatic rings. The van der Waals surface area contributed by atoms with Crippen molar-refractivity contribution in [1.29, 1.82) is 5.26 Å². The maximum atomic E-state index is 12.6. The highest BCUT2D eigenvalue weighted by Crippen LogP contribution is 2.37. The molecule has 122 valence electrons. The molecule has 1 aromatic carbocycles. The summed E-state index contributed by atoms with van der Waals surface area (Å²) in [6.07, 6.45) is 1.35. The van der Waals surface area contributed by atoms with Crippen molar-refractivity contribution in [2.45, 2.75) is 25.9 Å². The van der Waals surface area contributed by atoms with Crippen molar-refractivity contribution in [1.82, 2.24) is 9.13 Å². The first-order valence-corrected chi connectivity index (χ1v) is 8.24. The average molecular weight is 390 g/mol. The molecule has 3 heterocycles. The van der Waals surface area contributed by atoms with Gasteiger partial charge < -0.3 is 9.47 Å². The van der Waals surface area contributed by atoms with Gasteiger partial charge in [-0.2, -0.15) is 5.26 Å². The van der Waals surface area contributed by atoms with Crippen LogP contribution in [0, 0.1) is 11.3 Å². The number of hydrogen-bond donors (Lipinski definition) is 0. The molecular formula is C16H12BrN3O4. The van der Waals surface area contributed by atoms with Gasteiger partial charge >= 0.3 is 5.69 Å². The van der Waals surface area contributed by atoms with Crippen molar-refractivity contribution in [3.05, 3.63) is 54.3 Å². The molecule has 0 atom stereocenters. The molecule has 0 radical (unpaired) electrons. The molecule has 0 N–H and O–H groups in total. The Labute approximate surface area is 144 Å². The number of nitriles is 1. The van der Waals surface area contributed by atoms with Crippen LogP contribution < -0.4 is 20.7 Å². The van der Waals surface area contributed by atoms with E-state index in [0.29, 0.717) is 40.2 Å². The third-order valence-electron chi connectivity index (χ3n) is 4.31. The van der Waals surface area contributed by atoms with Gasteiger partial charge in [0.05, 0.1) is 6.54 Å². The van der Waals surface area contributed by atoms with Crippen LogP contribution in [-0.2, 0) is 19.5 Å². The Bertz CT molecular complexity index is 1020. The number of halogens is 1. The number of rotatable bonds is 2. The second-order valence-corrected chi connectivity index (χ2v) is 6.51. The lowest BCUT2D eigenvalue weighted by atomic mass is 10.1. The van der Waals surface area contributed by atoms with Crippen LogP contribution in [0.25, 0.3) is 0 Å². The summed E-state index contributed by atoms with van der Waals surface area (Å²) in [5.41, 5.74) is 0.398. The molecule has 4 rings (SSSR count). The van der Waals surface area contributed by atoms with Gasteiger partial charge in [-0.25, -0.2) is 4.79 Å². The smallest absolute Gasteiger partial charge is 0.331 e. The van der Waals surface area contributed by atoms with E-state index in [0.717, 1.165) is 11.0 Å². The van der Waals surface area contributed by atoms with Gasteiger partial charge in [0.1, 0.15) is 11.6 Å². The molecule has 0 fully saturated rings. The lowest BCUT2D eigenvalue weighted by Gasteiger charge is -2.12. The lowest BCUT2D eigenvalue weighted by Crippen LogP contribution is -2.42. The predicted octanol–water partition coefficient (Wildman–Crippen LogP) is 1.37. The third kappa shape index (κ3) is 2.16. The van der Waals surface area contributed by atoms with Gasteiger partial charge in [0, 0.05) is 16.7 Å². The van der Waals surface area contributed by atoms with Gasteiger partial charge in [0.2, 0.25) is 6.79 Å². The summed E-state index contributed by atoms with van der Waals surface area (Å²) in [5.74, 6) is 1.18.